The van der Waals surface area contributed by atoms with Gasteiger partial charge in [-0.05, 0) is 39.3 Å². The lowest BCUT2D eigenvalue weighted by atomic mass is 10.00. The standard InChI is InChI=1S/C15H21NO3/c1-10-5-6-13(19-4)12(7-10)14(18)16-9-11(17)8-15(16,2)3/h5-7,11,17H,8-9H2,1-4H3. The van der Waals surface area contributed by atoms with Gasteiger partial charge in [-0.1, -0.05) is 11.6 Å². The molecule has 4 heteroatoms. The van der Waals surface area contributed by atoms with E-state index in [4.69, 9.17) is 4.74 Å². The Kier molecular flexibility index (Phi) is 3.54. The first-order valence-corrected chi connectivity index (χ1v) is 6.50. The van der Waals surface area contributed by atoms with Crippen LogP contribution >= 0.6 is 0 Å². The van der Waals surface area contributed by atoms with Crippen molar-refractivity contribution in [3.8, 4) is 5.75 Å². The Morgan fingerprint density at radius 3 is 2.68 bits per heavy atom. The molecule has 4 nitrogen and oxygen atoms in total. The minimum Gasteiger partial charge on any atom is -0.496 e. The molecule has 1 aliphatic rings. The van der Waals surface area contributed by atoms with Crippen LogP contribution in [-0.4, -0.2) is 41.2 Å². The molecule has 1 aromatic carbocycles. The van der Waals surface area contributed by atoms with Gasteiger partial charge >= 0.3 is 0 Å². The number of amides is 1. The van der Waals surface area contributed by atoms with E-state index in [9.17, 15) is 9.90 Å². The minimum absolute atomic E-state index is 0.0814. The van der Waals surface area contributed by atoms with Gasteiger partial charge in [0.15, 0.2) is 0 Å². The highest BCUT2D eigenvalue weighted by Gasteiger charge is 2.41. The third kappa shape index (κ3) is 2.59. The molecule has 0 aromatic heterocycles. The van der Waals surface area contributed by atoms with E-state index in [2.05, 4.69) is 0 Å². The first kappa shape index (κ1) is 13.9. The Balaban J connectivity index is 2.37. The van der Waals surface area contributed by atoms with Gasteiger partial charge in [0.25, 0.3) is 5.91 Å². The smallest absolute Gasteiger partial charge is 0.258 e. The first-order chi connectivity index (χ1) is 8.85. The fourth-order valence-corrected chi connectivity index (χ4v) is 2.70. The van der Waals surface area contributed by atoms with Gasteiger partial charge in [-0.15, -0.1) is 0 Å². The molecule has 1 N–H and O–H groups in total. The van der Waals surface area contributed by atoms with Crippen molar-refractivity contribution in [1.29, 1.82) is 0 Å². The van der Waals surface area contributed by atoms with Gasteiger partial charge in [0.2, 0.25) is 0 Å². The third-order valence-electron chi connectivity index (χ3n) is 3.69. The van der Waals surface area contributed by atoms with Crippen molar-refractivity contribution in [1.82, 2.24) is 4.90 Å². The molecular weight excluding hydrogens is 242 g/mol. The Bertz CT molecular complexity index is 496. The van der Waals surface area contributed by atoms with E-state index in [1.54, 1.807) is 12.0 Å². The maximum Gasteiger partial charge on any atom is 0.258 e. The molecule has 1 fully saturated rings. The van der Waals surface area contributed by atoms with E-state index < -0.39 is 6.10 Å². The highest BCUT2D eigenvalue weighted by Crippen LogP contribution is 2.32. The number of ether oxygens (including phenoxy) is 1. The largest absolute Gasteiger partial charge is 0.496 e. The molecule has 0 aliphatic carbocycles. The molecular formula is C15H21NO3. The molecule has 0 saturated carbocycles. The van der Waals surface area contributed by atoms with E-state index in [1.807, 2.05) is 39.0 Å². The second-order valence-electron chi connectivity index (χ2n) is 5.79. The first-order valence-electron chi connectivity index (χ1n) is 6.50. The predicted molar refractivity (Wildman–Crippen MR) is 73.5 cm³/mol. The number of methoxy groups -OCH3 is 1. The van der Waals surface area contributed by atoms with Gasteiger partial charge < -0.3 is 14.7 Å². The van der Waals surface area contributed by atoms with Gasteiger partial charge in [0, 0.05) is 12.1 Å². The Hall–Kier alpha value is -1.55. The Morgan fingerprint density at radius 1 is 1.47 bits per heavy atom. The fraction of sp³-hybridized carbons (Fsp3) is 0.533. The number of hydrogen-bond donors (Lipinski definition) is 1. The Morgan fingerprint density at radius 2 is 2.16 bits per heavy atom. The number of nitrogens with zero attached hydrogens (tertiary/aromatic N) is 1. The van der Waals surface area contributed by atoms with Crippen molar-refractivity contribution >= 4 is 5.91 Å². The molecule has 1 heterocycles. The molecule has 104 valence electrons. The van der Waals surface area contributed by atoms with Crippen LogP contribution in [0.3, 0.4) is 0 Å². The number of carbonyl (C=O) groups is 1. The normalized spacial score (nSPS) is 21.5. The summed E-state index contributed by atoms with van der Waals surface area (Å²) in [7, 11) is 1.56. The van der Waals surface area contributed by atoms with Crippen molar-refractivity contribution < 1.29 is 14.6 Å². The number of β-amino-alcohol motifs (C(OH)–C–C–N with tert-alkyl or cyclic N) is 1. The zero-order valence-corrected chi connectivity index (χ0v) is 11.9. The molecule has 1 unspecified atom stereocenters. The molecule has 19 heavy (non-hydrogen) atoms. The van der Waals surface area contributed by atoms with E-state index in [-0.39, 0.29) is 11.4 Å². The molecule has 1 amide bonds. The van der Waals surface area contributed by atoms with Crippen LogP contribution in [0.25, 0.3) is 0 Å². The van der Waals surface area contributed by atoms with E-state index >= 15 is 0 Å². The fourth-order valence-electron chi connectivity index (χ4n) is 2.70. The van der Waals surface area contributed by atoms with E-state index in [1.165, 1.54) is 0 Å². The molecule has 0 radical (unpaired) electrons. The quantitative estimate of drug-likeness (QED) is 0.887. The summed E-state index contributed by atoms with van der Waals surface area (Å²) in [5, 5.41) is 9.79. The van der Waals surface area contributed by atoms with Crippen LogP contribution in [-0.2, 0) is 0 Å². The molecule has 1 aromatic rings. The van der Waals surface area contributed by atoms with E-state index in [0.29, 0.717) is 24.3 Å². The zero-order chi connectivity index (χ0) is 14.2. The lowest BCUT2D eigenvalue weighted by Gasteiger charge is -2.31. The summed E-state index contributed by atoms with van der Waals surface area (Å²) in [4.78, 5) is 14.4. The predicted octanol–water partition coefficient (Wildman–Crippen LogP) is 1.99. The SMILES string of the molecule is COc1ccc(C)cc1C(=O)N1CC(O)CC1(C)C. The van der Waals surface area contributed by atoms with Gasteiger partial charge in [-0.2, -0.15) is 0 Å². The second kappa shape index (κ2) is 4.85. The van der Waals surface area contributed by atoms with Crippen molar-refractivity contribution in [2.75, 3.05) is 13.7 Å². The Labute approximate surface area is 114 Å². The number of rotatable bonds is 2. The summed E-state index contributed by atoms with van der Waals surface area (Å²) in [6.45, 7) is 6.27. The van der Waals surface area contributed by atoms with Crippen LogP contribution < -0.4 is 4.74 Å². The molecule has 0 spiro atoms. The maximum absolute atomic E-state index is 12.7. The topological polar surface area (TPSA) is 49.8 Å². The minimum atomic E-state index is -0.449. The lowest BCUT2D eigenvalue weighted by Crippen LogP contribution is -2.42. The number of carbonyl (C=O) groups excluding carboxylic acids is 1. The molecule has 2 rings (SSSR count). The van der Waals surface area contributed by atoms with Gasteiger partial charge in [0.05, 0.1) is 18.8 Å². The van der Waals surface area contributed by atoms with Gasteiger partial charge in [-0.25, -0.2) is 0 Å². The van der Waals surface area contributed by atoms with Gasteiger partial charge in [-0.3, -0.25) is 4.79 Å². The maximum atomic E-state index is 12.7. The average molecular weight is 263 g/mol. The number of aryl methyl sites for hydroxylation is 1. The highest BCUT2D eigenvalue weighted by molar-refractivity contribution is 5.97. The summed E-state index contributed by atoms with van der Waals surface area (Å²) < 4.78 is 5.27. The summed E-state index contributed by atoms with van der Waals surface area (Å²) in [6.07, 6.45) is 0.155. The van der Waals surface area contributed by atoms with Crippen LogP contribution in [0.1, 0.15) is 36.2 Å². The third-order valence-corrected chi connectivity index (χ3v) is 3.69. The van der Waals surface area contributed by atoms with Crippen LogP contribution in [0.2, 0.25) is 0 Å². The molecule has 1 atom stereocenters. The zero-order valence-electron chi connectivity index (χ0n) is 11.9. The summed E-state index contributed by atoms with van der Waals surface area (Å²) >= 11 is 0. The monoisotopic (exact) mass is 263 g/mol. The summed E-state index contributed by atoms with van der Waals surface area (Å²) in [6, 6.07) is 5.56. The van der Waals surface area contributed by atoms with Crippen LogP contribution in [0, 0.1) is 6.92 Å². The number of benzene rings is 1. The van der Waals surface area contributed by atoms with Crippen LogP contribution in [0.5, 0.6) is 5.75 Å². The molecule has 1 saturated heterocycles. The lowest BCUT2D eigenvalue weighted by molar-refractivity contribution is 0.0637. The van der Waals surface area contributed by atoms with Crippen molar-refractivity contribution in [3.63, 3.8) is 0 Å². The number of hydrogen-bond acceptors (Lipinski definition) is 3. The van der Waals surface area contributed by atoms with Gasteiger partial charge in [0.1, 0.15) is 5.75 Å². The molecule has 1 aliphatic heterocycles. The van der Waals surface area contributed by atoms with Crippen LogP contribution in [0.4, 0.5) is 0 Å². The highest BCUT2D eigenvalue weighted by atomic mass is 16.5. The number of likely N-dealkylation sites (tertiary alicyclic amines) is 1. The summed E-state index contributed by atoms with van der Waals surface area (Å²) in [5.74, 6) is 0.495. The second-order valence-corrected chi connectivity index (χ2v) is 5.79. The van der Waals surface area contributed by atoms with Crippen molar-refractivity contribution in [2.45, 2.75) is 38.8 Å². The van der Waals surface area contributed by atoms with Crippen molar-refractivity contribution in [3.05, 3.63) is 29.3 Å². The van der Waals surface area contributed by atoms with Crippen molar-refractivity contribution in [2.24, 2.45) is 0 Å². The van der Waals surface area contributed by atoms with E-state index in [0.717, 1.165) is 5.56 Å². The number of aliphatic hydroxyl groups is 1. The summed E-state index contributed by atoms with van der Waals surface area (Å²) in [5.41, 5.74) is 1.25. The van der Waals surface area contributed by atoms with Crippen LogP contribution in [0.15, 0.2) is 18.2 Å². The molecule has 0 bridgehead atoms. The number of aliphatic hydroxyl groups excluding tert-OH is 1. The average Bonchev–Trinajstić information content (AvgIpc) is 2.61.